The molecule has 0 aromatic heterocycles. The van der Waals surface area contributed by atoms with E-state index in [0.29, 0.717) is 11.2 Å². The van der Waals surface area contributed by atoms with E-state index in [4.69, 9.17) is 0 Å². The van der Waals surface area contributed by atoms with E-state index in [9.17, 15) is 5.11 Å². The Hall–Kier alpha value is -0.460. The summed E-state index contributed by atoms with van der Waals surface area (Å²) in [5.74, 6) is 0.553. The Morgan fingerprint density at radius 3 is 2.45 bits per heavy atom. The molecule has 0 amide bonds. The van der Waals surface area contributed by atoms with Crippen molar-refractivity contribution in [1.82, 2.24) is 0 Å². The number of allylic oxidation sites excluding steroid dienone is 2. The van der Waals surface area contributed by atoms with Gasteiger partial charge in [-0.05, 0) is 43.6 Å². The minimum absolute atomic E-state index is 0.414. The smallest absolute Gasteiger partial charge is 0.0883 e. The third-order valence-electron chi connectivity index (χ3n) is 2.54. The summed E-state index contributed by atoms with van der Waals surface area (Å²) in [6, 6.07) is 0. The van der Waals surface area contributed by atoms with E-state index in [0.717, 1.165) is 12.8 Å². The van der Waals surface area contributed by atoms with Crippen molar-refractivity contribution < 1.29 is 5.11 Å². The van der Waals surface area contributed by atoms with Crippen LogP contribution in [-0.4, -0.2) is 5.11 Å². The lowest BCUT2D eigenvalue weighted by atomic mass is 9.75. The Bertz CT molecular complexity index is 173. The number of rotatable bonds is 0. The molecule has 1 heteroatoms. The van der Waals surface area contributed by atoms with Gasteiger partial charge in [-0.1, -0.05) is 13.8 Å². The fraction of sp³-hybridized carbons (Fsp3) is 0.800. The molecule has 0 bridgehead atoms. The molecule has 0 saturated heterocycles. The molecule has 1 nitrogen and oxygen atoms in total. The first-order valence-electron chi connectivity index (χ1n) is 4.39. The first kappa shape index (κ1) is 8.63. The van der Waals surface area contributed by atoms with Gasteiger partial charge in [0.2, 0.25) is 0 Å². The third-order valence-corrected chi connectivity index (χ3v) is 2.54. The van der Waals surface area contributed by atoms with Crippen LogP contribution < -0.4 is 0 Å². The van der Waals surface area contributed by atoms with Crippen molar-refractivity contribution in [2.75, 3.05) is 0 Å². The van der Waals surface area contributed by atoms with E-state index in [1.165, 1.54) is 18.4 Å². The number of hydrogen-bond acceptors (Lipinski definition) is 1. The fourth-order valence-corrected chi connectivity index (χ4v) is 1.84. The standard InChI is InChI=1S/C10H18O/c1-8(11)9-5-4-6-10(2,3)7-9/h11H,4-7H2,1-3H3. The molecule has 0 heterocycles. The Morgan fingerprint density at radius 1 is 1.45 bits per heavy atom. The summed E-state index contributed by atoms with van der Waals surface area (Å²) in [5, 5.41) is 9.29. The summed E-state index contributed by atoms with van der Waals surface area (Å²) in [6.45, 7) is 6.35. The molecule has 0 spiro atoms. The van der Waals surface area contributed by atoms with Crippen LogP contribution in [0.15, 0.2) is 11.3 Å². The van der Waals surface area contributed by atoms with Crippen LogP contribution in [0.5, 0.6) is 0 Å². The Kier molecular flexibility index (Phi) is 2.26. The van der Waals surface area contributed by atoms with E-state index in [1.807, 2.05) is 0 Å². The molecule has 0 unspecified atom stereocenters. The van der Waals surface area contributed by atoms with Gasteiger partial charge in [-0.2, -0.15) is 0 Å². The minimum Gasteiger partial charge on any atom is -0.513 e. The van der Waals surface area contributed by atoms with Crippen LogP contribution in [0.25, 0.3) is 0 Å². The normalized spacial score (nSPS) is 28.3. The van der Waals surface area contributed by atoms with Crippen molar-refractivity contribution in [3.05, 3.63) is 11.3 Å². The molecule has 0 aromatic rings. The van der Waals surface area contributed by atoms with Crippen LogP contribution in [0.2, 0.25) is 0 Å². The molecule has 0 radical (unpaired) electrons. The average molecular weight is 154 g/mol. The Morgan fingerprint density at radius 2 is 2.09 bits per heavy atom. The molecule has 0 atom stereocenters. The summed E-state index contributed by atoms with van der Waals surface area (Å²) in [4.78, 5) is 0. The predicted octanol–water partition coefficient (Wildman–Crippen LogP) is 3.42. The second kappa shape index (κ2) is 2.88. The molecule has 1 rings (SSSR count). The zero-order valence-corrected chi connectivity index (χ0v) is 7.78. The molecular formula is C10H18O. The zero-order valence-electron chi connectivity index (χ0n) is 7.78. The molecule has 1 saturated carbocycles. The summed E-state index contributed by atoms with van der Waals surface area (Å²) < 4.78 is 0. The molecule has 0 aromatic carbocycles. The van der Waals surface area contributed by atoms with E-state index >= 15 is 0 Å². The van der Waals surface area contributed by atoms with Crippen LogP contribution in [0.3, 0.4) is 0 Å². The highest BCUT2D eigenvalue weighted by Gasteiger charge is 2.24. The Labute approximate surface area is 69.1 Å². The first-order chi connectivity index (χ1) is 5.01. The lowest BCUT2D eigenvalue weighted by Crippen LogP contribution is -2.17. The van der Waals surface area contributed by atoms with Gasteiger partial charge < -0.3 is 5.11 Å². The number of aliphatic hydroxyl groups is 1. The first-order valence-corrected chi connectivity index (χ1v) is 4.39. The van der Waals surface area contributed by atoms with Gasteiger partial charge in [0.05, 0.1) is 5.76 Å². The molecule has 1 aliphatic rings. The maximum absolute atomic E-state index is 9.29. The van der Waals surface area contributed by atoms with Gasteiger partial charge >= 0.3 is 0 Å². The number of aliphatic hydroxyl groups excluding tert-OH is 1. The zero-order chi connectivity index (χ0) is 8.48. The predicted molar refractivity (Wildman–Crippen MR) is 47.6 cm³/mol. The van der Waals surface area contributed by atoms with Crippen molar-refractivity contribution in [1.29, 1.82) is 0 Å². The van der Waals surface area contributed by atoms with Crippen LogP contribution in [0, 0.1) is 5.41 Å². The second-order valence-electron chi connectivity index (χ2n) is 4.38. The van der Waals surface area contributed by atoms with Gasteiger partial charge in [0, 0.05) is 0 Å². The van der Waals surface area contributed by atoms with Gasteiger partial charge in [-0.25, -0.2) is 0 Å². The molecule has 0 aliphatic heterocycles. The summed E-state index contributed by atoms with van der Waals surface area (Å²) >= 11 is 0. The highest BCUT2D eigenvalue weighted by atomic mass is 16.3. The third kappa shape index (κ3) is 2.25. The van der Waals surface area contributed by atoms with Gasteiger partial charge in [0.1, 0.15) is 0 Å². The van der Waals surface area contributed by atoms with Crippen LogP contribution in [0.4, 0.5) is 0 Å². The quantitative estimate of drug-likeness (QED) is 0.530. The minimum atomic E-state index is 0.414. The van der Waals surface area contributed by atoms with E-state index < -0.39 is 0 Å². The summed E-state index contributed by atoms with van der Waals surface area (Å²) in [6.07, 6.45) is 4.71. The van der Waals surface area contributed by atoms with E-state index in [-0.39, 0.29) is 0 Å². The fourth-order valence-electron chi connectivity index (χ4n) is 1.84. The van der Waals surface area contributed by atoms with Gasteiger partial charge in [0.15, 0.2) is 0 Å². The molecular weight excluding hydrogens is 136 g/mol. The summed E-state index contributed by atoms with van der Waals surface area (Å²) in [5.41, 5.74) is 1.68. The topological polar surface area (TPSA) is 20.2 Å². The lowest BCUT2D eigenvalue weighted by molar-refractivity contribution is 0.275. The van der Waals surface area contributed by atoms with Crippen LogP contribution in [0.1, 0.15) is 46.5 Å². The average Bonchev–Trinajstić information content (AvgIpc) is 1.85. The van der Waals surface area contributed by atoms with Gasteiger partial charge in [-0.15, -0.1) is 0 Å². The number of hydrogen-bond donors (Lipinski definition) is 1. The largest absolute Gasteiger partial charge is 0.513 e. The molecule has 1 aliphatic carbocycles. The van der Waals surface area contributed by atoms with Gasteiger partial charge in [0.25, 0.3) is 0 Å². The van der Waals surface area contributed by atoms with Crippen molar-refractivity contribution in [3.63, 3.8) is 0 Å². The molecule has 11 heavy (non-hydrogen) atoms. The van der Waals surface area contributed by atoms with Crippen LogP contribution in [-0.2, 0) is 0 Å². The highest BCUT2D eigenvalue weighted by Crippen LogP contribution is 2.38. The molecule has 1 N–H and O–H groups in total. The highest BCUT2D eigenvalue weighted by molar-refractivity contribution is 5.10. The van der Waals surface area contributed by atoms with Crippen LogP contribution >= 0.6 is 0 Å². The Balaban J connectivity index is 2.68. The lowest BCUT2D eigenvalue weighted by Gasteiger charge is -2.31. The molecule has 64 valence electrons. The van der Waals surface area contributed by atoms with E-state index in [1.54, 1.807) is 6.92 Å². The maximum Gasteiger partial charge on any atom is 0.0883 e. The van der Waals surface area contributed by atoms with Crippen molar-refractivity contribution in [2.24, 2.45) is 5.41 Å². The summed E-state index contributed by atoms with van der Waals surface area (Å²) in [7, 11) is 0. The van der Waals surface area contributed by atoms with Gasteiger partial charge in [-0.3, -0.25) is 0 Å². The van der Waals surface area contributed by atoms with Crippen molar-refractivity contribution in [3.8, 4) is 0 Å². The monoisotopic (exact) mass is 154 g/mol. The van der Waals surface area contributed by atoms with E-state index in [2.05, 4.69) is 13.8 Å². The van der Waals surface area contributed by atoms with Crippen molar-refractivity contribution >= 4 is 0 Å². The second-order valence-corrected chi connectivity index (χ2v) is 4.38. The van der Waals surface area contributed by atoms with Crippen molar-refractivity contribution in [2.45, 2.75) is 46.5 Å². The SMILES string of the molecule is CC(O)=C1CCCC(C)(C)C1. The maximum atomic E-state index is 9.29. The molecule has 1 fully saturated rings.